The van der Waals surface area contributed by atoms with Gasteiger partial charge in [-0.15, -0.1) is 0 Å². The zero-order valence-corrected chi connectivity index (χ0v) is 25.5. The number of nitrogens with one attached hydrogen (secondary N) is 1. The Morgan fingerprint density at radius 1 is 1.05 bits per heavy atom. The summed E-state index contributed by atoms with van der Waals surface area (Å²) in [6, 6.07) is 11.0. The van der Waals surface area contributed by atoms with E-state index in [0.717, 1.165) is 26.5 Å². The van der Waals surface area contributed by atoms with E-state index in [1.54, 1.807) is 45.0 Å². The third kappa shape index (κ3) is 8.87. The van der Waals surface area contributed by atoms with E-state index in [2.05, 4.69) is 5.32 Å². The summed E-state index contributed by atoms with van der Waals surface area (Å²) in [5, 5.41) is 1.83. The molecule has 1 aliphatic rings. The Kier molecular flexibility index (Phi) is 10.5. The van der Waals surface area contributed by atoms with E-state index in [9.17, 15) is 32.4 Å². The van der Waals surface area contributed by atoms with Crippen LogP contribution in [-0.4, -0.2) is 84.1 Å². The smallest absolute Gasteiger partial charge is 0.422 e. The van der Waals surface area contributed by atoms with E-state index < -0.39 is 57.2 Å². The monoisotopic (exact) mass is 619 g/mol. The molecule has 0 unspecified atom stereocenters. The van der Waals surface area contributed by atoms with Crippen LogP contribution >= 0.6 is 11.8 Å². The minimum Gasteiger partial charge on any atom is -0.458 e. The Bertz CT molecular complexity index is 1450. The van der Waals surface area contributed by atoms with Gasteiger partial charge < -0.3 is 14.8 Å². The van der Waals surface area contributed by atoms with Gasteiger partial charge in [-0.3, -0.25) is 14.4 Å². The zero-order valence-electron chi connectivity index (χ0n) is 23.9. The molecule has 2 aromatic rings. The first-order valence-corrected chi connectivity index (χ1v) is 15.3. The number of hydrogen-bond acceptors (Lipinski definition) is 10. The highest BCUT2D eigenvalue weighted by molar-refractivity contribution is 8.15. The summed E-state index contributed by atoms with van der Waals surface area (Å²) in [5.74, 6) is -2.00. The predicted molar refractivity (Wildman–Crippen MR) is 154 cm³/mol. The summed E-state index contributed by atoms with van der Waals surface area (Å²) in [5.41, 5.74) is 0.593. The number of hydrogen-bond donors (Lipinski definition) is 1. The van der Waals surface area contributed by atoms with Gasteiger partial charge in [-0.1, -0.05) is 41.6 Å². The molecule has 0 bridgehead atoms. The third-order valence-electron chi connectivity index (χ3n) is 5.88. The van der Waals surface area contributed by atoms with Crippen LogP contribution in [0.3, 0.4) is 0 Å². The lowest BCUT2D eigenvalue weighted by Gasteiger charge is -2.25. The Balaban J connectivity index is 1.69. The second-order valence-electron chi connectivity index (χ2n) is 10.5. The highest BCUT2D eigenvalue weighted by Crippen LogP contribution is 2.19. The minimum atomic E-state index is -3.95. The molecule has 3 rings (SSSR count). The number of rotatable bonds is 9. The van der Waals surface area contributed by atoms with E-state index >= 15 is 0 Å². The van der Waals surface area contributed by atoms with Crippen molar-refractivity contribution in [2.45, 2.75) is 50.7 Å². The zero-order chi connectivity index (χ0) is 31.2. The lowest BCUT2D eigenvalue weighted by molar-refractivity contribution is -0.158. The lowest BCUT2D eigenvalue weighted by atomic mass is 10.1. The van der Waals surface area contributed by atoms with Gasteiger partial charge in [0.25, 0.3) is 5.12 Å². The topological polar surface area (TPSA) is 156 Å². The molecule has 1 fully saturated rings. The van der Waals surface area contributed by atoms with Gasteiger partial charge in [0.05, 0.1) is 11.4 Å². The number of ether oxygens (including phenoxy) is 2. The number of aryl methyl sites for hydroxylation is 1. The molecule has 0 aliphatic carbocycles. The van der Waals surface area contributed by atoms with Crippen LogP contribution in [0.5, 0.6) is 5.75 Å². The van der Waals surface area contributed by atoms with Gasteiger partial charge in [0.2, 0.25) is 15.9 Å². The summed E-state index contributed by atoms with van der Waals surface area (Å²) < 4.78 is 37.4. The van der Waals surface area contributed by atoms with Crippen molar-refractivity contribution in [3.05, 3.63) is 59.7 Å². The van der Waals surface area contributed by atoms with E-state index in [1.165, 1.54) is 31.3 Å². The first kappa shape index (κ1) is 32.8. The Morgan fingerprint density at radius 2 is 1.67 bits per heavy atom. The molecule has 226 valence electrons. The van der Waals surface area contributed by atoms with Gasteiger partial charge in [-0.05, 0) is 57.5 Å². The summed E-state index contributed by atoms with van der Waals surface area (Å²) in [6.07, 6.45) is -0.996. The first-order valence-electron chi connectivity index (χ1n) is 12.9. The fourth-order valence-electron chi connectivity index (χ4n) is 3.75. The average molecular weight is 620 g/mol. The second-order valence-corrected chi connectivity index (χ2v) is 13.6. The van der Waals surface area contributed by atoms with Crippen molar-refractivity contribution in [1.29, 1.82) is 0 Å². The van der Waals surface area contributed by atoms with Crippen LogP contribution in [0.4, 0.5) is 4.79 Å². The van der Waals surface area contributed by atoms with Crippen molar-refractivity contribution in [2.75, 3.05) is 25.9 Å². The van der Waals surface area contributed by atoms with E-state index in [-0.39, 0.29) is 29.4 Å². The maximum absolute atomic E-state index is 13.0. The molecule has 0 radical (unpaired) electrons. The van der Waals surface area contributed by atoms with Gasteiger partial charge in [0, 0.05) is 25.8 Å². The quantitative estimate of drug-likeness (QED) is 0.326. The fourth-order valence-corrected chi connectivity index (χ4v) is 5.57. The Labute approximate surface area is 248 Å². The van der Waals surface area contributed by atoms with Crippen molar-refractivity contribution in [3.8, 4) is 5.75 Å². The molecule has 1 heterocycles. The first-order chi connectivity index (χ1) is 19.6. The number of amides is 3. The van der Waals surface area contributed by atoms with Gasteiger partial charge in [0.15, 0.2) is 0 Å². The number of esters is 1. The largest absolute Gasteiger partial charge is 0.458 e. The van der Waals surface area contributed by atoms with Crippen molar-refractivity contribution < 1.29 is 41.9 Å². The van der Waals surface area contributed by atoms with Gasteiger partial charge in [0.1, 0.15) is 17.4 Å². The molecular formula is C28H33N3O9S2. The summed E-state index contributed by atoms with van der Waals surface area (Å²) in [6.45, 7) is 6.35. The van der Waals surface area contributed by atoms with Crippen LogP contribution in [0.1, 0.15) is 31.9 Å². The van der Waals surface area contributed by atoms with E-state index in [4.69, 9.17) is 9.47 Å². The van der Waals surface area contributed by atoms with E-state index in [0.29, 0.717) is 5.56 Å². The standard InChI is InChI=1S/C28H33N3O9S2/c1-18-6-12-21(13-7-18)42(37,38)30(5)17-23(32)29-22(25(34)40-28(2,3)4)16-19-8-10-20(11-9-19)39-27(36)31-14-15-41-26(35)24(31)33/h6-13,22H,14-17H2,1-5H3,(H,29,32)/t22-/m0/s1. The lowest BCUT2D eigenvalue weighted by Crippen LogP contribution is -2.48. The summed E-state index contributed by atoms with van der Waals surface area (Å²) in [7, 11) is -2.69. The molecule has 0 saturated carbocycles. The highest BCUT2D eigenvalue weighted by Gasteiger charge is 2.33. The number of thioether (sulfide) groups is 1. The van der Waals surface area contributed by atoms with Crippen molar-refractivity contribution in [3.63, 3.8) is 0 Å². The Morgan fingerprint density at radius 3 is 2.26 bits per heavy atom. The summed E-state index contributed by atoms with van der Waals surface area (Å²) >= 11 is 0.836. The summed E-state index contributed by atoms with van der Waals surface area (Å²) in [4.78, 5) is 62.5. The molecule has 1 N–H and O–H groups in total. The molecule has 0 aromatic heterocycles. The molecule has 1 aliphatic heterocycles. The van der Waals surface area contributed by atoms with Crippen LogP contribution in [0.15, 0.2) is 53.4 Å². The molecule has 3 amide bonds. The number of sulfonamides is 1. The molecule has 2 aromatic carbocycles. The highest BCUT2D eigenvalue weighted by atomic mass is 32.2. The van der Waals surface area contributed by atoms with Gasteiger partial charge in [-0.2, -0.15) is 4.31 Å². The van der Waals surface area contributed by atoms with Gasteiger partial charge in [-0.25, -0.2) is 22.9 Å². The average Bonchev–Trinajstić information content (AvgIpc) is 2.90. The Hall–Kier alpha value is -3.75. The number of imide groups is 1. The van der Waals surface area contributed by atoms with Crippen molar-refractivity contribution >= 4 is 50.8 Å². The van der Waals surface area contributed by atoms with Crippen LogP contribution < -0.4 is 10.1 Å². The van der Waals surface area contributed by atoms with Crippen LogP contribution in [0.2, 0.25) is 0 Å². The molecule has 1 saturated heterocycles. The van der Waals surface area contributed by atoms with Crippen molar-refractivity contribution in [1.82, 2.24) is 14.5 Å². The molecule has 1 atom stereocenters. The number of carbonyl (C=O) groups excluding carboxylic acids is 5. The number of benzene rings is 2. The normalized spacial score (nSPS) is 14.9. The third-order valence-corrected chi connectivity index (χ3v) is 8.52. The van der Waals surface area contributed by atoms with Crippen LogP contribution in [-0.2, 0) is 40.4 Å². The number of carbonyl (C=O) groups is 5. The molecular weight excluding hydrogens is 586 g/mol. The molecule has 12 nitrogen and oxygen atoms in total. The van der Waals surface area contributed by atoms with E-state index in [1.807, 2.05) is 6.92 Å². The maximum Gasteiger partial charge on any atom is 0.422 e. The van der Waals surface area contributed by atoms with Crippen molar-refractivity contribution in [2.24, 2.45) is 0 Å². The molecule has 14 heteroatoms. The molecule has 42 heavy (non-hydrogen) atoms. The number of likely N-dealkylation sites (N-methyl/N-ethyl adjacent to an activating group) is 1. The minimum absolute atomic E-state index is 0.0142. The number of nitrogens with zero attached hydrogens (tertiary/aromatic N) is 2. The van der Waals surface area contributed by atoms with Crippen LogP contribution in [0.25, 0.3) is 0 Å². The SMILES string of the molecule is Cc1ccc(S(=O)(=O)N(C)CC(=O)N[C@@H](Cc2ccc(OC(=O)N3CCSC(=O)C3=O)cc2)C(=O)OC(C)(C)C)cc1. The molecule has 0 spiro atoms. The predicted octanol–water partition coefficient (Wildman–Crippen LogP) is 2.29. The van der Waals surface area contributed by atoms with Crippen LogP contribution in [0, 0.1) is 6.92 Å². The maximum atomic E-state index is 13.0. The second kappa shape index (κ2) is 13.5. The fraction of sp³-hybridized carbons (Fsp3) is 0.393. The van der Waals surface area contributed by atoms with Gasteiger partial charge >= 0.3 is 18.0 Å².